The molecule has 1 fully saturated rings. The molecule has 1 saturated heterocycles. The minimum Gasteiger partial charge on any atom is -0.357 e. The summed E-state index contributed by atoms with van der Waals surface area (Å²) in [5.41, 5.74) is 0.740. The number of rotatable bonds is 4. The molecule has 0 saturated carbocycles. The predicted molar refractivity (Wildman–Crippen MR) is 101 cm³/mol. The van der Waals surface area contributed by atoms with E-state index in [4.69, 9.17) is 0 Å². The van der Waals surface area contributed by atoms with Gasteiger partial charge in [-0.1, -0.05) is 25.1 Å². The van der Waals surface area contributed by atoms with E-state index in [-0.39, 0.29) is 29.8 Å². The van der Waals surface area contributed by atoms with Crippen LogP contribution in [0.25, 0.3) is 0 Å². The van der Waals surface area contributed by atoms with Gasteiger partial charge in [-0.05, 0) is 43.7 Å². The maximum absolute atomic E-state index is 13.6. The smallest absolute Gasteiger partial charge is 0.193 e. The molecule has 1 aromatic carbocycles. The molecule has 0 aromatic heterocycles. The number of halogens is 2. The van der Waals surface area contributed by atoms with E-state index in [1.807, 2.05) is 12.1 Å². The molecule has 1 aliphatic rings. The minimum absolute atomic E-state index is 0. The number of benzene rings is 1. The number of nitrogens with one attached hydrogen (secondary N) is 1. The third-order valence-electron chi connectivity index (χ3n) is 3.89. The lowest BCUT2D eigenvalue weighted by molar-refractivity contribution is 0.266. The van der Waals surface area contributed by atoms with Gasteiger partial charge in [0.25, 0.3) is 0 Å². The summed E-state index contributed by atoms with van der Waals surface area (Å²) < 4.78 is 13.6. The number of nitrogens with zero attached hydrogens (tertiary/aromatic N) is 2. The van der Waals surface area contributed by atoms with Gasteiger partial charge in [-0.15, -0.1) is 24.0 Å². The number of guanidine groups is 1. The maximum atomic E-state index is 13.6. The number of aliphatic imine (C=N–C) groups is 1. The molecule has 0 spiro atoms. The minimum atomic E-state index is -0.135. The highest BCUT2D eigenvalue weighted by atomic mass is 127. The Morgan fingerprint density at radius 2 is 2.18 bits per heavy atom. The predicted octanol–water partition coefficient (Wildman–Crippen LogP) is 3.68. The first kappa shape index (κ1) is 19.2. The summed E-state index contributed by atoms with van der Waals surface area (Å²) in [6.07, 6.45) is 3.16. The van der Waals surface area contributed by atoms with Gasteiger partial charge in [0.2, 0.25) is 0 Å². The zero-order valence-electron chi connectivity index (χ0n) is 13.5. The zero-order chi connectivity index (χ0) is 15.1. The van der Waals surface area contributed by atoms with Crippen molar-refractivity contribution in [2.75, 3.05) is 26.2 Å². The number of piperidine rings is 1. The van der Waals surface area contributed by atoms with E-state index >= 15 is 0 Å². The van der Waals surface area contributed by atoms with Gasteiger partial charge in [0.15, 0.2) is 5.96 Å². The van der Waals surface area contributed by atoms with Crippen LogP contribution in [0.4, 0.5) is 4.39 Å². The van der Waals surface area contributed by atoms with E-state index < -0.39 is 0 Å². The van der Waals surface area contributed by atoms with Crippen molar-refractivity contribution in [3.63, 3.8) is 0 Å². The SMILES string of the molecule is CCNC(=NCCc1ccccc1F)N1CCCC(C)C1.I. The molecule has 3 nitrogen and oxygen atoms in total. The molecule has 1 N–H and O–H groups in total. The van der Waals surface area contributed by atoms with Crippen LogP contribution >= 0.6 is 24.0 Å². The highest BCUT2D eigenvalue weighted by Gasteiger charge is 2.18. The molecule has 0 aliphatic carbocycles. The Morgan fingerprint density at radius 3 is 2.86 bits per heavy atom. The van der Waals surface area contributed by atoms with Crippen LogP contribution in [0.5, 0.6) is 0 Å². The van der Waals surface area contributed by atoms with Crippen molar-refractivity contribution >= 4 is 29.9 Å². The molecule has 0 amide bonds. The van der Waals surface area contributed by atoms with Crippen molar-refractivity contribution < 1.29 is 4.39 Å². The van der Waals surface area contributed by atoms with E-state index in [1.165, 1.54) is 18.9 Å². The van der Waals surface area contributed by atoms with Crippen molar-refractivity contribution in [2.24, 2.45) is 10.9 Å². The second-order valence-corrected chi connectivity index (χ2v) is 5.77. The second kappa shape index (κ2) is 10.0. The summed E-state index contributed by atoms with van der Waals surface area (Å²) in [6, 6.07) is 6.94. The van der Waals surface area contributed by atoms with E-state index in [1.54, 1.807) is 6.07 Å². The fourth-order valence-corrected chi connectivity index (χ4v) is 2.79. The largest absolute Gasteiger partial charge is 0.357 e. The molecule has 124 valence electrons. The summed E-state index contributed by atoms with van der Waals surface area (Å²) in [4.78, 5) is 7.01. The molecule has 0 bridgehead atoms. The molecule has 2 rings (SSSR count). The van der Waals surface area contributed by atoms with Crippen LogP contribution in [-0.4, -0.2) is 37.0 Å². The average Bonchev–Trinajstić information content (AvgIpc) is 2.48. The maximum Gasteiger partial charge on any atom is 0.193 e. The number of hydrogen-bond donors (Lipinski definition) is 1. The van der Waals surface area contributed by atoms with Gasteiger partial charge in [0, 0.05) is 26.2 Å². The highest BCUT2D eigenvalue weighted by molar-refractivity contribution is 14.0. The molecular weight excluding hydrogens is 392 g/mol. The molecule has 1 atom stereocenters. The van der Waals surface area contributed by atoms with Gasteiger partial charge in [-0.25, -0.2) is 4.39 Å². The van der Waals surface area contributed by atoms with Gasteiger partial charge < -0.3 is 10.2 Å². The van der Waals surface area contributed by atoms with E-state index in [9.17, 15) is 4.39 Å². The molecule has 22 heavy (non-hydrogen) atoms. The quantitative estimate of drug-likeness (QED) is 0.458. The van der Waals surface area contributed by atoms with Gasteiger partial charge in [-0.2, -0.15) is 0 Å². The van der Waals surface area contributed by atoms with Crippen molar-refractivity contribution in [3.05, 3.63) is 35.6 Å². The standard InChI is InChI=1S/C17H26FN3.HI/c1-3-19-17(21-12-6-7-14(2)13-21)20-11-10-15-8-4-5-9-16(15)18;/h4-5,8-9,14H,3,6-7,10-13H2,1-2H3,(H,19,20);1H. The Bertz CT molecular complexity index is 479. The Kier molecular flexibility index (Phi) is 8.75. The van der Waals surface area contributed by atoms with Gasteiger partial charge in [0.05, 0.1) is 0 Å². The third-order valence-corrected chi connectivity index (χ3v) is 3.89. The Hall–Kier alpha value is -0.850. The summed E-state index contributed by atoms with van der Waals surface area (Å²) in [5.74, 6) is 1.55. The van der Waals surface area contributed by atoms with Crippen molar-refractivity contribution in [2.45, 2.75) is 33.1 Å². The van der Waals surface area contributed by atoms with Crippen LogP contribution in [0.1, 0.15) is 32.3 Å². The lowest BCUT2D eigenvalue weighted by atomic mass is 10.0. The lowest BCUT2D eigenvalue weighted by Crippen LogP contribution is -2.46. The number of hydrogen-bond acceptors (Lipinski definition) is 1. The van der Waals surface area contributed by atoms with E-state index in [0.29, 0.717) is 18.9 Å². The van der Waals surface area contributed by atoms with Crippen molar-refractivity contribution in [1.29, 1.82) is 0 Å². The van der Waals surface area contributed by atoms with Gasteiger partial charge in [0.1, 0.15) is 5.82 Å². The monoisotopic (exact) mass is 419 g/mol. The molecule has 1 unspecified atom stereocenters. The number of likely N-dealkylation sites (tertiary alicyclic amines) is 1. The van der Waals surface area contributed by atoms with Crippen LogP contribution in [-0.2, 0) is 6.42 Å². The first-order valence-electron chi connectivity index (χ1n) is 7.97. The Morgan fingerprint density at radius 1 is 1.41 bits per heavy atom. The van der Waals surface area contributed by atoms with Crippen LogP contribution in [0.2, 0.25) is 0 Å². The first-order valence-corrected chi connectivity index (χ1v) is 7.97. The van der Waals surface area contributed by atoms with Crippen LogP contribution in [0.3, 0.4) is 0 Å². The van der Waals surface area contributed by atoms with Crippen LogP contribution in [0.15, 0.2) is 29.3 Å². The Balaban J connectivity index is 0.00000242. The summed E-state index contributed by atoms with van der Waals surface area (Å²) in [5, 5.41) is 3.36. The normalized spacial score (nSPS) is 18.8. The molecule has 1 aliphatic heterocycles. The first-order chi connectivity index (χ1) is 10.2. The van der Waals surface area contributed by atoms with E-state index in [0.717, 1.165) is 31.2 Å². The second-order valence-electron chi connectivity index (χ2n) is 5.77. The highest BCUT2D eigenvalue weighted by Crippen LogP contribution is 2.15. The molecule has 0 radical (unpaired) electrons. The molecule has 1 aromatic rings. The molecule has 5 heteroatoms. The van der Waals surface area contributed by atoms with Crippen molar-refractivity contribution in [1.82, 2.24) is 10.2 Å². The van der Waals surface area contributed by atoms with Gasteiger partial charge >= 0.3 is 0 Å². The van der Waals surface area contributed by atoms with Crippen LogP contribution in [0, 0.1) is 11.7 Å². The third kappa shape index (κ3) is 5.74. The van der Waals surface area contributed by atoms with Crippen LogP contribution < -0.4 is 5.32 Å². The zero-order valence-corrected chi connectivity index (χ0v) is 15.8. The summed E-state index contributed by atoms with van der Waals surface area (Å²) in [6.45, 7) is 7.98. The fourth-order valence-electron chi connectivity index (χ4n) is 2.79. The average molecular weight is 419 g/mol. The Labute approximate surface area is 150 Å². The van der Waals surface area contributed by atoms with E-state index in [2.05, 4.69) is 29.1 Å². The van der Waals surface area contributed by atoms with Crippen molar-refractivity contribution in [3.8, 4) is 0 Å². The lowest BCUT2D eigenvalue weighted by Gasteiger charge is -2.33. The fraction of sp³-hybridized carbons (Fsp3) is 0.588. The summed E-state index contributed by atoms with van der Waals surface area (Å²) >= 11 is 0. The van der Waals surface area contributed by atoms with Gasteiger partial charge in [-0.3, -0.25) is 4.99 Å². The topological polar surface area (TPSA) is 27.6 Å². The molecular formula is C17H27FIN3. The summed E-state index contributed by atoms with van der Waals surface area (Å²) in [7, 11) is 0. The molecule has 1 heterocycles.